The molecule has 354 valence electrons. The zero-order chi connectivity index (χ0) is 44.3. The van der Waals surface area contributed by atoms with Gasteiger partial charge in [0.15, 0.2) is 0 Å². The van der Waals surface area contributed by atoms with Gasteiger partial charge in [0.25, 0.3) is 0 Å². The lowest BCUT2D eigenvalue weighted by atomic mass is 10.0. The highest BCUT2D eigenvalue weighted by Crippen LogP contribution is 2.21. The summed E-state index contributed by atoms with van der Waals surface area (Å²) < 4.78 is 62.6. The molecule has 1 heterocycles. The smallest absolute Gasteiger partial charge is 0.115 e. The van der Waals surface area contributed by atoms with Crippen LogP contribution in [0.4, 0.5) is 0 Å². The van der Waals surface area contributed by atoms with Crippen LogP contribution in [0.3, 0.4) is 0 Å². The van der Waals surface area contributed by atoms with Crippen molar-refractivity contribution < 1.29 is 108 Å². The topological polar surface area (TPSA) is 324 Å². The van der Waals surface area contributed by atoms with Gasteiger partial charge in [-0.1, -0.05) is 0 Å². The minimum absolute atomic E-state index is 0.0592. The molecule has 0 aromatic rings. The van der Waals surface area contributed by atoms with Crippen LogP contribution in [0.1, 0.15) is 27.7 Å². The SMILES string of the molecule is C[C@H](OCC(O)CO)[C@@](C)(O)COCC(O)COCC(COCC(COCC(O)COC(CO)CO)OCC1COC(CO)CO1)O[C@@](C)(COCC(O)CO)[C@@H](C)O. The summed E-state index contributed by atoms with van der Waals surface area (Å²) in [6.07, 6.45) is -9.69. The minimum Gasteiger partial charge on any atom is -0.394 e. The minimum atomic E-state index is -1.49. The number of aliphatic hydroxyl groups is 11. The Kier molecular flexibility index (Phi) is 30.3. The third kappa shape index (κ3) is 25.1. The first-order valence-electron chi connectivity index (χ1n) is 19.8. The second kappa shape index (κ2) is 31.9. The Labute approximate surface area is 346 Å². The number of ether oxygens (including phenoxy) is 11. The summed E-state index contributed by atoms with van der Waals surface area (Å²) in [5.41, 5.74) is -2.85. The Bertz CT molecular complexity index is 988. The van der Waals surface area contributed by atoms with E-state index in [9.17, 15) is 46.0 Å². The maximum absolute atomic E-state index is 10.7. The van der Waals surface area contributed by atoms with Crippen molar-refractivity contribution in [3.05, 3.63) is 0 Å². The van der Waals surface area contributed by atoms with Gasteiger partial charge in [-0.15, -0.1) is 0 Å². The van der Waals surface area contributed by atoms with Crippen LogP contribution in [-0.4, -0.2) is 267 Å². The lowest BCUT2D eigenvalue weighted by molar-refractivity contribution is -0.204. The molecule has 0 bridgehead atoms. The summed E-state index contributed by atoms with van der Waals surface area (Å²) in [7, 11) is 0. The van der Waals surface area contributed by atoms with Crippen molar-refractivity contribution in [3.8, 4) is 0 Å². The monoisotopic (exact) mass is 870 g/mol. The molecule has 59 heavy (non-hydrogen) atoms. The lowest BCUT2D eigenvalue weighted by Crippen LogP contribution is -2.50. The van der Waals surface area contributed by atoms with Crippen LogP contribution in [0, 0.1) is 0 Å². The summed E-state index contributed by atoms with van der Waals surface area (Å²) in [5, 5.41) is 107. The zero-order valence-corrected chi connectivity index (χ0v) is 34.9. The summed E-state index contributed by atoms with van der Waals surface area (Å²) in [6.45, 7) is 2.34. The van der Waals surface area contributed by atoms with Gasteiger partial charge in [-0.2, -0.15) is 0 Å². The molecule has 1 aliphatic heterocycles. The largest absolute Gasteiger partial charge is 0.394 e. The van der Waals surface area contributed by atoms with Crippen molar-refractivity contribution in [1.82, 2.24) is 0 Å². The normalized spacial score (nSPS) is 22.6. The number of rotatable bonds is 38. The van der Waals surface area contributed by atoms with E-state index in [0.29, 0.717) is 0 Å². The fourth-order valence-corrected chi connectivity index (χ4v) is 4.89. The van der Waals surface area contributed by atoms with Crippen LogP contribution < -0.4 is 0 Å². The van der Waals surface area contributed by atoms with Crippen LogP contribution in [0.5, 0.6) is 0 Å². The Morgan fingerprint density at radius 3 is 1.54 bits per heavy atom. The third-order valence-corrected chi connectivity index (χ3v) is 9.08. The molecule has 1 rings (SSSR count). The van der Waals surface area contributed by atoms with E-state index in [4.69, 9.17) is 62.3 Å². The van der Waals surface area contributed by atoms with Gasteiger partial charge in [-0.3, -0.25) is 0 Å². The Morgan fingerprint density at radius 2 is 1.00 bits per heavy atom. The fourth-order valence-electron chi connectivity index (χ4n) is 4.89. The van der Waals surface area contributed by atoms with Gasteiger partial charge in [-0.05, 0) is 27.7 Å². The molecule has 8 unspecified atom stereocenters. The molecule has 0 radical (unpaired) electrons. The van der Waals surface area contributed by atoms with E-state index in [0.717, 1.165) is 0 Å². The van der Waals surface area contributed by atoms with E-state index < -0.39 is 105 Å². The van der Waals surface area contributed by atoms with Gasteiger partial charge < -0.3 is 108 Å². The predicted molar refractivity (Wildman–Crippen MR) is 204 cm³/mol. The highest BCUT2D eigenvalue weighted by Gasteiger charge is 2.36. The van der Waals surface area contributed by atoms with Crippen LogP contribution in [0.15, 0.2) is 0 Å². The van der Waals surface area contributed by atoms with Gasteiger partial charge >= 0.3 is 0 Å². The van der Waals surface area contributed by atoms with Gasteiger partial charge in [0.2, 0.25) is 0 Å². The van der Waals surface area contributed by atoms with Gasteiger partial charge in [-0.25, -0.2) is 0 Å². The predicted octanol–water partition coefficient (Wildman–Crippen LogP) is -5.29. The molecule has 0 aromatic heterocycles. The average Bonchev–Trinajstić information content (AvgIpc) is 3.21. The number of hydrogen-bond acceptors (Lipinski definition) is 22. The molecule has 0 aromatic carbocycles. The average molecular weight is 871 g/mol. The Morgan fingerprint density at radius 1 is 0.525 bits per heavy atom. The first kappa shape index (κ1) is 56.1. The molecule has 0 amide bonds. The van der Waals surface area contributed by atoms with E-state index in [2.05, 4.69) is 0 Å². The standard InChI is InChI=1S/C37H74O22/c1-25(43)37(4,24-53-10-27(44)5-38)59-35(18-50-11-29(46)13-52-23-36(3,48)26(2)54-14-28(45)6-39)19-51-17-33(58-22-34-21-56-32(9-42)20-57-34)16-49-12-30(47)15-55-31(7-40)8-41/h25-35,38-48H,5-24H2,1-4H3/t25-,26+,27?,28?,29?,30?,32?,33?,34?,35?,36+,37+/m1/s1. The molecule has 22 heteroatoms. The van der Waals surface area contributed by atoms with E-state index in [1.165, 1.54) is 13.8 Å². The van der Waals surface area contributed by atoms with Crippen molar-refractivity contribution in [2.45, 2.75) is 106 Å². The van der Waals surface area contributed by atoms with E-state index >= 15 is 0 Å². The summed E-state index contributed by atoms with van der Waals surface area (Å²) >= 11 is 0. The van der Waals surface area contributed by atoms with Crippen LogP contribution in [0.25, 0.3) is 0 Å². The highest BCUT2D eigenvalue weighted by molar-refractivity contribution is 4.84. The number of aliphatic hydroxyl groups excluding tert-OH is 10. The van der Waals surface area contributed by atoms with E-state index in [-0.39, 0.29) is 106 Å². The molecular weight excluding hydrogens is 796 g/mol. The molecule has 11 N–H and O–H groups in total. The van der Waals surface area contributed by atoms with Crippen molar-refractivity contribution in [3.63, 3.8) is 0 Å². The first-order chi connectivity index (χ1) is 28.0. The van der Waals surface area contributed by atoms with Gasteiger partial charge in [0, 0.05) is 0 Å². The molecule has 1 fully saturated rings. The second-order valence-electron chi connectivity index (χ2n) is 15.1. The Hall–Kier alpha value is -0.880. The molecule has 22 nitrogen and oxygen atoms in total. The van der Waals surface area contributed by atoms with Crippen molar-refractivity contribution in [2.24, 2.45) is 0 Å². The van der Waals surface area contributed by atoms with Crippen LogP contribution >= 0.6 is 0 Å². The molecule has 1 saturated heterocycles. The molecular formula is C37H74O22. The fraction of sp³-hybridized carbons (Fsp3) is 1.00. The van der Waals surface area contributed by atoms with Crippen LogP contribution in [0.2, 0.25) is 0 Å². The summed E-state index contributed by atoms with van der Waals surface area (Å²) in [5.74, 6) is 0. The van der Waals surface area contributed by atoms with Crippen molar-refractivity contribution in [2.75, 3.05) is 132 Å². The zero-order valence-electron chi connectivity index (χ0n) is 34.9. The molecule has 1 aliphatic rings. The molecule has 12 atom stereocenters. The van der Waals surface area contributed by atoms with E-state index in [1.54, 1.807) is 13.8 Å². The molecule has 0 spiro atoms. The van der Waals surface area contributed by atoms with E-state index in [1.807, 2.05) is 0 Å². The Balaban J connectivity index is 2.92. The summed E-state index contributed by atoms with van der Waals surface area (Å²) in [6, 6.07) is 0. The second-order valence-corrected chi connectivity index (χ2v) is 15.1. The number of hydrogen-bond donors (Lipinski definition) is 11. The molecule has 0 saturated carbocycles. The van der Waals surface area contributed by atoms with Crippen molar-refractivity contribution in [1.29, 1.82) is 0 Å². The summed E-state index contributed by atoms with van der Waals surface area (Å²) in [4.78, 5) is 0. The quantitative estimate of drug-likeness (QED) is 0.0276. The van der Waals surface area contributed by atoms with Gasteiger partial charge in [0.1, 0.15) is 66.1 Å². The first-order valence-corrected chi connectivity index (χ1v) is 19.8. The maximum Gasteiger partial charge on any atom is 0.115 e. The molecule has 0 aliphatic carbocycles. The highest BCUT2D eigenvalue weighted by atomic mass is 16.6. The lowest BCUT2D eigenvalue weighted by Gasteiger charge is -2.36. The maximum atomic E-state index is 10.7. The van der Waals surface area contributed by atoms with Crippen LogP contribution in [-0.2, 0) is 52.1 Å². The van der Waals surface area contributed by atoms with Crippen molar-refractivity contribution >= 4 is 0 Å². The third-order valence-electron chi connectivity index (χ3n) is 9.08. The van der Waals surface area contributed by atoms with Gasteiger partial charge in [0.05, 0.1) is 144 Å².